The van der Waals surface area contributed by atoms with Gasteiger partial charge in [0.15, 0.2) is 0 Å². The molecule has 0 aromatic carbocycles. The number of carboxylic acids is 1. The molecule has 0 aliphatic rings. The molecule has 0 aliphatic carbocycles. The molecule has 0 spiro atoms. The molecule has 6 nitrogen and oxygen atoms in total. The quantitative estimate of drug-likeness (QED) is 0.555. The minimum Gasteiger partial charge on any atom is -0.481 e. The molecule has 0 aromatic rings. The summed E-state index contributed by atoms with van der Waals surface area (Å²) in [4.78, 5) is 22.2. The number of carbonyl (C=O) groups is 2. The molecule has 0 aliphatic heterocycles. The first-order valence-electron chi connectivity index (χ1n) is 6.64. The molecule has 6 heteroatoms. The van der Waals surface area contributed by atoms with E-state index in [9.17, 15) is 9.59 Å². The van der Waals surface area contributed by atoms with Crippen LogP contribution in [-0.4, -0.2) is 43.4 Å². The summed E-state index contributed by atoms with van der Waals surface area (Å²) in [6.07, 6.45) is 1.21. The van der Waals surface area contributed by atoms with Crippen molar-refractivity contribution in [2.45, 2.75) is 39.7 Å². The van der Waals surface area contributed by atoms with Crippen molar-refractivity contribution in [3.8, 4) is 0 Å². The van der Waals surface area contributed by atoms with Crippen LogP contribution in [0.1, 0.15) is 33.6 Å². The second-order valence-corrected chi connectivity index (χ2v) is 5.09. The number of urea groups is 1. The third-order valence-electron chi connectivity index (χ3n) is 2.99. The summed E-state index contributed by atoms with van der Waals surface area (Å²) in [5.74, 6) is -0.885. The van der Waals surface area contributed by atoms with Gasteiger partial charge in [-0.25, -0.2) is 4.79 Å². The van der Waals surface area contributed by atoms with E-state index in [-0.39, 0.29) is 23.9 Å². The van der Waals surface area contributed by atoms with Crippen molar-refractivity contribution >= 4 is 12.0 Å². The molecule has 3 N–H and O–H groups in total. The maximum absolute atomic E-state index is 11.6. The second-order valence-electron chi connectivity index (χ2n) is 5.09. The number of hydrogen-bond donors (Lipinski definition) is 3. The van der Waals surface area contributed by atoms with Gasteiger partial charge in [-0.05, 0) is 18.8 Å². The minimum atomic E-state index is -0.801. The molecule has 2 unspecified atom stereocenters. The highest BCUT2D eigenvalue weighted by Gasteiger charge is 2.15. The Morgan fingerprint density at radius 1 is 1.26 bits per heavy atom. The van der Waals surface area contributed by atoms with Crippen LogP contribution in [0.5, 0.6) is 0 Å². The lowest BCUT2D eigenvalue weighted by molar-refractivity contribution is -0.141. The predicted molar refractivity (Wildman–Crippen MR) is 73.1 cm³/mol. The van der Waals surface area contributed by atoms with Gasteiger partial charge >= 0.3 is 12.0 Å². The van der Waals surface area contributed by atoms with Gasteiger partial charge in [0.25, 0.3) is 0 Å². The van der Waals surface area contributed by atoms with Crippen molar-refractivity contribution < 1.29 is 19.4 Å². The third-order valence-corrected chi connectivity index (χ3v) is 2.99. The lowest BCUT2D eigenvalue weighted by atomic mass is 10.1. The molecule has 0 saturated carbocycles. The number of ether oxygens (including phenoxy) is 1. The van der Waals surface area contributed by atoms with Crippen LogP contribution >= 0.6 is 0 Å². The summed E-state index contributed by atoms with van der Waals surface area (Å²) >= 11 is 0. The van der Waals surface area contributed by atoms with E-state index in [0.717, 1.165) is 0 Å². The lowest BCUT2D eigenvalue weighted by Gasteiger charge is -2.21. The molecular weight excluding hydrogens is 248 g/mol. The van der Waals surface area contributed by atoms with Gasteiger partial charge in [0.05, 0.1) is 18.6 Å². The van der Waals surface area contributed by atoms with Crippen LogP contribution in [-0.2, 0) is 9.53 Å². The van der Waals surface area contributed by atoms with E-state index in [4.69, 9.17) is 9.84 Å². The SMILES string of the molecule is COCC(NC(=O)NCCCC(C)C(=O)O)C(C)C. The van der Waals surface area contributed by atoms with Crippen molar-refractivity contribution in [2.75, 3.05) is 20.3 Å². The largest absolute Gasteiger partial charge is 0.481 e. The van der Waals surface area contributed by atoms with Crippen molar-refractivity contribution in [2.24, 2.45) is 11.8 Å². The summed E-state index contributed by atoms with van der Waals surface area (Å²) in [5, 5.41) is 14.3. The molecule has 112 valence electrons. The van der Waals surface area contributed by atoms with Gasteiger partial charge in [-0.1, -0.05) is 20.8 Å². The third kappa shape index (κ3) is 8.42. The van der Waals surface area contributed by atoms with Crippen molar-refractivity contribution in [3.63, 3.8) is 0 Å². The smallest absolute Gasteiger partial charge is 0.315 e. The Morgan fingerprint density at radius 3 is 2.37 bits per heavy atom. The summed E-state index contributed by atoms with van der Waals surface area (Å²) in [6, 6.07) is -0.262. The Hall–Kier alpha value is -1.30. The minimum absolute atomic E-state index is 0.0251. The van der Waals surface area contributed by atoms with E-state index in [0.29, 0.717) is 26.0 Å². The molecule has 0 radical (unpaired) electrons. The number of methoxy groups -OCH3 is 1. The topological polar surface area (TPSA) is 87.7 Å². The van der Waals surface area contributed by atoms with Crippen LogP contribution < -0.4 is 10.6 Å². The Morgan fingerprint density at radius 2 is 1.89 bits per heavy atom. The van der Waals surface area contributed by atoms with E-state index >= 15 is 0 Å². The van der Waals surface area contributed by atoms with Crippen LogP contribution in [0.25, 0.3) is 0 Å². The van der Waals surface area contributed by atoms with Gasteiger partial charge in [0, 0.05) is 13.7 Å². The molecule has 0 saturated heterocycles. The van der Waals surface area contributed by atoms with Crippen LogP contribution in [0, 0.1) is 11.8 Å². The fourth-order valence-electron chi connectivity index (χ4n) is 1.53. The van der Waals surface area contributed by atoms with E-state index < -0.39 is 5.97 Å². The second kappa shape index (κ2) is 9.61. The highest BCUT2D eigenvalue weighted by molar-refractivity contribution is 5.74. The number of hydrogen-bond acceptors (Lipinski definition) is 3. The Balaban J connectivity index is 3.82. The number of nitrogens with one attached hydrogen (secondary N) is 2. The van der Waals surface area contributed by atoms with Crippen molar-refractivity contribution in [3.05, 3.63) is 0 Å². The standard InChI is InChI=1S/C13H26N2O4/c1-9(2)11(8-19-4)15-13(18)14-7-5-6-10(3)12(16)17/h9-11H,5-8H2,1-4H3,(H,16,17)(H2,14,15,18). The molecule has 0 heterocycles. The predicted octanol–water partition coefficient (Wildman–Crippen LogP) is 1.46. The maximum Gasteiger partial charge on any atom is 0.315 e. The average Bonchev–Trinajstić information content (AvgIpc) is 2.33. The zero-order valence-corrected chi connectivity index (χ0v) is 12.2. The number of rotatable bonds is 9. The van der Waals surface area contributed by atoms with Crippen LogP contribution in [0.3, 0.4) is 0 Å². The molecule has 2 atom stereocenters. The average molecular weight is 274 g/mol. The highest BCUT2D eigenvalue weighted by atomic mass is 16.5. The Kier molecular flexibility index (Phi) is 8.95. The first-order valence-corrected chi connectivity index (χ1v) is 6.64. The van der Waals surface area contributed by atoms with Gasteiger partial charge in [0.2, 0.25) is 0 Å². The Bertz CT molecular complexity index is 282. The first kappa shape index (κ1) is 17.7. The van der Waals surface area contributed by atoms with Gasteiger partial charge in [-0.15, -0.1) is 0 Å². The van der Waals surface area contributed by atoms with Crippen LogP contribution in [0.2, 0.25) is 0 Å². The molecule has 0 rings (SSSR count). The molecule has 0 fully saturated rings. The van der Waals surface area contributed by atoms with Crippen LogP contribution in [0.15, 0.2) is 0 Å². The normalized spacial score (nSPS) is 13.9. The summed E-state index contributed by atoms with van der Waals surface area (Å²) < 4.78 is 5.04. The van der Waals surface area contributed by atoms with Crippen molar-refractivity contribution in [1.82, 2.24) is 10.6 Å². The highest BCUT2D eigenvalue weighted by Crippen LogP contribution is 2.04. The van der Waals surface area contributed by atoms with E-state index in [1.165, 1.54) is 0 Å². The summed E-state index contributed by atoms with van der Waals surface area (Å²) in [5.41, 5.74) is 0. The van der Waals surface area contributed by atoms with Gasteiger partial charge in [-0.3, -0.25) is 4.79 Å². The van der Waals surface area contributed by atoms with Gasteiger partial charge in [0.1, 0.15) is 0 Å². The zero-order chi connectivity index (χ0) is 14.8. The maximum atomic E-state index is 11.6. The van der Waals surface area contributed by atoms with E-state index in [1.54, 1.807) is 14.0 Å². The fourth-order valence-corrected chi connectivity index (χ4v) is 1.53. The summed E-state index contributed by atoms with van der Waals surface area (Å²) in [6.45, 7) is 6.63. The Labute approximate surface area is 114 Å². The van der Waals surface area contributed by atoms with Gasteiger partial charge < -0.3 is 20.5 Å². The van der Waals surface area contributed by atoms with E-state index in [1.807, 2.05) is 13.8 Å². The number of aliphatic carboxylic acids is 1. The van der Waals surface area contributed by atoms with E-state index in [2.05, 4.69) is 10.6 Å². The molecule has 0 bridgehead atoms. The fraction of sp³-hybridized carbons (Fsp3) is 0.846. The number of carboxylic acid groups (broad SMARTS) is 1. The lowest BCUT2D eigenvalue weighted by Crippen LogP contribution is -2.46. The monoisotopic (exact) mass is 274 g/mol. The molecular formula is C13H26N2O4. The van der Waals surface area contributed by atoms with Gasteiger partial charge in [-0.2, -0.15) is 0 Å². The molecule has 2 amide bonds. The molecule has 19 heavy (non-hydrogen) atoms. The molecule has 0 aromatic heterocycles. The summed E-state index contributed by atoms with van der Waals surface area (Å²) in [7, 11) is 1.60. The number of amides is 2. The van der Waals surface area contributed by atoms with Crippen LogP contribution in [0.4, 0.5) is 4.79 Å². The first-order chi connectivity index (χ1) is 8.88. The number of carbonyl (C=O) groups excluding carboxylic acids is 1. The zero-order valence-electron chi connectivity index (χ0n) is 12.2. The van der Waals surface area contributed by atoms with Crippen molar-refractivity contribution in [1.29, 1.82) is 0 Å².